The van der Waals surface area contributed by atoms with Crippen molar-refractivity contribution < 1.29 is 52.5 Å². The number of aromatic nitrogens is 8. The molecule has 1 aliphatic rings. The van der Waals surface area contributed by atoms with Gasteiger partial charge in [-0.3, -0.25) is 18.9 Å². The molecule has 0 saturated carbocycles. The van der Waals surface area contributed by atoms with Gasteiger partial charge >= 0.3 is 19.1 Å². The van der Waals surface area contributed by atoms with Gasteiger partial charge in [-0.2, -0.15) is 9.91 Å². The molecule has 65 heavy (non-hydrogen) atoms. The second-order valence-electron chi connectivity index (χ2n) is 22.2. The molecule has 1 aliphatic heterocycles. The van der Waals surface area contributed by atoms with Crippen molar-refractivity contribution in [2.24, 2.45) is 26.1 Å². The van der Waals surface area contributed by atoms with Crippen LogP contribution in [-0.2, 0) is 52.7 Å². The Morgan fingerprint density at radius 2 is 1.14 bits per heavy atom. The number of carboxylic acid groups (broad SMARTS) is 2. The summed E-state index contributed by atoms with van der Waals surface area (Å²) in [6.45, 7) is 42.1. The first-order valence-corrected chi connectivity index (χ1v) is 24.6. The molecule has 22 nitrogen and oxygen atoms in total. The Morgan fingerprint density at radius 1 is 0.738 bits per heavy atom. The molecule has 0 aromatic carbocycles. The summed E-state index contributed by atoms with van der Waals surface area (Å²) in [7, 11) is -6.89. The van der Waals surface area contributed by atoms with E-state index >= 15 is 0 Å². The molecule has 0 radical (unpaired) electrons. The zero-order chi connectivity index (χ0) is 53.2. The molecule has 1 unspecified atom stereocenters. The first-order chi connectivity index (χ1) is 28.3. The van der Waals surface area contributed by atoms with Gasteiger partial charge in [0.15, 0.2) is 46.3 Å². The number of ketones is 1. The Kier molecular flexibility index (Phi) is 27.6. The standard InChI is InChI=1S/C8H14N4O.C7H12N4O2.C6H11N3.C5H13O2P.C5H12O2S.C5H10O2.C4H11BO2/c1-6(13)5-12-7(8(2,3)4)9-10-11-12;1-7(2,3)6-8-10-11(9-6)4-5(12)13;1-6(2,3)5-7-4-8-9-5;2*1-5(2,3)8(4,6)7;1-5(2,3)4(6)7;1-4(2,3)5(6)7/h5H2,1-4H3;4H2,1-3H3,(H,12,13);4H2,1-3H3;1-4H3,(H,6,7);1-4H3;1-3H3,(H,6,7);6-7H,1-3H3. The van der Waals surface area contributed by atoms with Crippen LogP contribution in [0.3, 0.4) is 0 Å². The van der Waals surface area contributed by atoms with E-state index in [1.807, 2.05) is 41.5 Å². The predicted molar refractivity (Wildman–Crippen MR) is 255 cm³/mol. The van der Waals surface area contributed by atoms with Crippen molar-refractivity contribution in [3.63, 3.8) is 0 Å². The van der Waals surface area contributed by atoms with Crippen LogP contribution in [0.5, 0.6) is 0 Å². The molecule has 0 aliphatic carbocycles. The van der Waals surface area contributed by atoms with Crippen LogP contribution in [0.2, 0.25) is 5.31 Å². The normalized spacial score (nSPS) is 13.9. The number of aliphatic imine (C=N–C) groups is 1. The Balaban J connectivity index is -0.000000340. The number of amidine groups is 1. The topological polar surface area (TPSA) is 328 Å². The highest BCUT2D eigenvalue weighted by molar-refractivity contribution is 7.92. The van der Waals surface area contributed by atoms with E-state index in [-0.39, 0.29) is 40.4 Å². The number of carbonyl (C=O) groups excluding carboxylic acids is 1. The highest BCUT2D eigenvalue weighted by Crippen LogP contribution is 2.49. The summed E-state index contributed by atoms with van der Waals surface area (Å²) in [5, 5.41) is 62.9. The quantitative estimate of drug-likeness (QED) is 0.164. The smallest absolute Gasteiger partial charge is 0.457 e. The third-order valence-corrected chi connectivity index (χ3v) is 12.6. The molecule has 3 rings (SSSR count). The molecule has 0 amide bonds. The molecular weight excluding hydrogens is 884 g/mol. The molecule has 5 N–H and O–H groups in total. The number of rotatable bonds is 4. The molecule has 0 spiro atoms. The minimum atomic E-state index is -2.85. The van der Waals surface area contributed by atoms with E-state index in [0.29, 0.717) is 12.5 Å². The van der Waals surface area contributed by atoms with Crippen LogP contribution in [-0.4, -0.2) is 134 Å². The summed E-state index contributed by atoms with van der Waals surface area (Å²) < 4.78 is 33.1. The van der Waals surface area contributed by atoms with Crippen LogP contribution in [0, 0.1) is 10.8 Å². The molecule has 378 valence electrons. The third kappa shape index (κ3) is 33.3. The van der Waals surface area contributed by atoms with E-state index in [1.165, 1.54) is 19.8 Å². The number of sulfone groups is 1. The van der Waals surface area contributed by atoms with Crippen molar-refractivity contribution in [2.75, 3.05) is 19.6 Å². The molecule has 3 heterocycles. The maximum Gasteiger partial charge on any atom is 0.457 e. The number of carboxylic acids is 2. The number of hydrogen-bond acceptors (Lipinski definition) is 17. The van der Waals surface area contributed by atoms with Crippen LogP contribution in [0.25, 0.3) is 0 Å². The van der Waals surface area contributed by atoms with Crippen LogP contribution >= 0.6 is 7.37 Å². The van der Waals surface area contributed by atoms with E-state index in [1.54, 1.807) is 87.8 Å². The van der Waals surface area contributed by atoms with E-state index in [9.17, 15) is 27.4 Å². The van der Waals surface area contributed by atoms with E-state index < -0.39 is 51.6 Å². The number of carbonyl (C=O) groups is 3. The van der Waals surface area contributed by atoms with Gasteiger partial charge in [0.1, 0.15) is 6.54 Å². The highest BCUT2D eigenvalue weighted by Gasteiger charge is 2.29. The van der Waals surface area contributed by atoms with Gasteiger partial charge in [-0.15, -0.1) is 20.4 Å². The Hall–Kier alpha value is -3.86. The summed E-state index contributed by atoms with van der Waals surface area (Å²) >= 11 is 0. The summed E-state index contributed by atoms with van der Waals surface area (Å²) in [6, 6.07) is 0. The lowest BCUT2D eigenvalue weighted by Crippen LogP contribution is -2.26. The molecule has 1 atom stereocenters. The summed E-state index contributed by atoms with van der Waals surface area (Å²) in [5.74, 6) is 0.474. The van der Waals surface area contributed by atoms with Crippen molar-refractivity contribution in [1.29, 1.82) is 0 Å². The van der Waals surface area contributed by atoms with Crippen molar-refractivity contribution in [3.05, 3.63) is 11.6 Å². The van der Waals surface area contributed by atoms with Crippen molar-refractivity contribution in [2.45, 2.75) is 191 Å². The fraction of sp³-hybridized carbons (Fsp3) is 0.850. The molecule has 0 bridgehead atoms. The number of aliphatic carboxylic acids is 2. The van der Waals surface area contributed by atoms with E-state index in [0.717, 1.165) is 16.5 Å². The van der Waals surface area contributed by atoms with Gasteiger partial charge in [0.2, 0.25) is 7.37 Å². The SMILES string of the molecule is CC(=O)Cn1nnnc1C(C)(C)C.CC(C)(C)B(O)O.CC(C)(C)C(=O)O.CC(C)(C)C1=NCN=N1.CC(C)(C)P(C)(=O)O.CC(C)(C)S(C)(=O)=O.CC(C)(C)c1nnn(CC(=O)O)n1. The number of nitrogens with zero attached hydrogens (tertiary/aromatic N) is 11. The average molecular weight is 968 g/mol. The van der Waals surface area contributed by atoms with Gasteiger partial charge in [-0.25, -0.2) is 18.1 Å². The first kappa shape index (κ1) is 67.7. The maximum absolute atomic E-state index is 10.9. The van der Waals surface area contributed by atoms with Gasteiger partial charge in [-0.05, 0) is 69.4 Å². The third-order valence-electron chi connectivity index (χ3n) is 7.87. The van der Waals surface area contributed by atoms with Crippen molar-refractivity contribution in [3.8, 4) is 0 Å². The first-order valence-electron chi connectivity index (χ1n) is 20.6. The number of Topliss-reactive ketones (excluding diaryl/α,β-unsaturated/α-hetero) is 1. The molecule has 0 fully saturated rings. The van der Waals surface area contributed by atoms with E-state index in [4.69, 9.17) is 25.2 Å². The number of azo groups is 1. The minimum absolute atomic E-state index is 0.0535. The highest BCUT2D eigenvalue weighted by atomic mass is 32.2. The fourth-order valence-corrected chi connectivity index (χ4v) is 2.41. The summed E-state index contributed by atoms with van der Waals surface area (Å²) in [4.78, 5) is 45.3. The second-order valence-corrected chi connectivity index (χ2v) is 28.1. The lowest BCUT2D eigenvalue weighted by Gasteiger charge is -2.21. The van der Waals surface area contributed by atoms with Gasteiger partial charge in [-0.1, -0.05) is 104 Å². The number of hydrogen-bond donors (Lipinski definition) is 5. The Morgan fingerprint density at radius 3 is 1.34 bits per heavy atom. The Labute approximate surface area is 388 Å². The molecule has 2 aromatic rings. The zero-order valence-electron chi connectivity index (χ0n) is 43.7. The van der Waals surface area contributed by atoms with Crippen LogP contribution in [0.4, 0.5) is 0 Å². The van der Waals surface area contributed by atoms with Gasteiger partial charge in [0.05, 0.1) is 10.2 Å². The minimum Gasteiger partial charge on any atom is -0.481 e. The monoisotopic (exact) mass is 968 g/mol. The van der Waals surface area contributed by atoms with Crippen molar-refractivity contribution in [1.82, 2.24) is 40.4 Å². The second kappa shape index (κ2) is 26.5. The molecular formula is C40H83BN11O11PS. The maximum atomic E-state index is 10.9. The fourth-order valence-electron chi connectivity index (χ4n) is 2.41. The average Bonchev–Trinajstić information content (AvgIpc) is 3.82. The van der Waals surface area contributed by atoms with E-state index in [2.05, 4.69) is 66.9 Å². The van der Waals surface area contributed by atoms with Gasteiger partial charge in [0, 0.05) is 34.3 Å². The van der Waals surface area contributed by atoms with Gasteiger partial charge in [0.25, 0.3) is 0 Å². The molecule has 0 saturated heterocycles. The van der Waals surface area contributed by atoms with Crippen LogP contribution < -0.4 is 0 Å². The van der Waals surface area contributed by atoms with Crippen LogP contribution in [0.15, 0.2) is 15.2 Å². The largest absolute Gasteiger partial charge is 0.481 e. The van der Waals surface area contributed by atoms with Crippen LogP contribution in [0.1, 0.15) is 164 Å². The summed E-state index contributed by atoms with van der Waals surface area (Å²) in [5.41, 5.74) is -0.838. The lowest BCUT2D eigenvalue weighted by molar-refractivity contribution is -0.146. The number of tetrazole rings is 2. The van der Waals surface area contributed by atoms with Gasteiger partial charge < -0.3 is 25.2 Å². The zero-order valence-corrected chi connectivity index (χ0v) is 45.4. The Bertz CT molecular complexity index is 1980. The molecule has 25 heteroatoms. The molecule has 2 aromatic heterocycles. The predicted octanol–water partition coefficient (Wildman–Crippen LogP) is 6.36. The van der Waals surface area contributed by atoms with Crippen molar-refractivity contribution >= 4 is 47.9 Å². The summed E-state index contributed by atoms with van der Waals surface area (Å²) in [6.07, 6.45) is 1.24. The lowest BCUT2D eigenvalue weighted by atomic mass is 9.62.